The first-order chi connectivity index (χ1) is 12.4. The lowest BCUT2D eigenvalue weighted by Gasteiger charge is -2.10. The van der Waals surface area contributed by atoms with Crippen molar-refractivity contribution in [2.24, 2.45) is 0 Å². The average Bonchev–Trinajstić information content (AvgIpc) is 2.66. The number of halogens is 2. The molecule has 136 valence electrons. The number of carbonyl (C=O) groups is 2. The summed E-state index contributed by atoms with van der Waals surface area (Å²) in [4.78, 5) is 23.6. The Bertz CT molecular complexity index is 849. The van der Waals surface area contributed by atoms with Crippen molar-refractivity contribution < 1.29 is 19.1 Å². The van der Waals surface area contributed by atoms with E-state index in [1.54, 1.807) is 36.4 Å². The molecule has 0 bridgehead atoms. The van der Waals surface area contributed by atoms with Crippen molar-refractivity contribution in [2.45, 2.75) is 0 Å². The average molecular weight is 394 g/mol. The molecule has 0 unspecified atom stereocenters. The maximum atomic E-state index is 12.3. The summed E-state index contributed by atoms with van der Waals surface area (Å²) in [6.07, 6.45) is 3.03. The van der Waals surface area contributed by atoms with E-state index in [1.807, 2.05) is 0 Å². The van der Waals surface area contributed by atoms with E-state index in [0.717, 1.165) is 5.56 Å². The quantitative estimate of drug-likeness (QED) is 0.569. The highest BCUT2D eigenvalue weighted by Gasteiger charge is 2.10. The zero-order chi connectivity index (χ0) is 19.1. The first-order valence-electron chi connectivity index (χ1n) is 7.63. The first kappa shape index (κ1) is 19.8. The van der Waals surface area contributed by atoms with Crippen LogP contribution in [0, 0.1) is 0 Å². The molecule has 5 nitrogen and oxygen atoms in total. The van der Waals surface area contributed by atoms with Crippen LogP contribution in [0.25, 0.3) is 6.08 Å². The van der Waals surface area contributed by atoms with Crippen LogP contribution in [0.3, 0.4) is 0 Å². The second-order valence-electron chi connectivity index (χ2n) is 5.19. The zero-order valence-electron chi connectivity index (χ0n) is 14.2. The van der Waals surface area contributed by atoms with Crippen LogP contribution >= 0.6 is 23.2 Å². The summed E-state index contributed by atoms with van der Waals surface area (Å²) in [5.74, 6) is 0.359. The Morgan fingerprint density at radius 2 is 1.88 bits per heavy atom. The molecule has 2 aromatic rings. The lowest BCUT2D eigenvalue weighted by atomic mass is 10.1. The fraction of sp³-hybridized carbons (Fsp3) is 0.158. The molecule has 1 N–H and O–H groups in total. The third kappa shape index (κ3) is 5.25. The smallest absolute Gasteiger partial charge is 0.257 e. The van der Waals surface area contributed by atoms with E-state index >= 15 is 0 Å². The molecule has 7 heteroatoms. The molecule has 0 saturated heterocycles. The highest BCUT2D eigenvalue weighted by Crippen LogP contribution is 2.29. The molecule has 0 heterocycles. The number of likely N-dealkylation sites (N-methyl/N-ethyl adjacent to an activating group) is 1. The number of rotatable bonds is 7. The van der Waals surface area contributed by atoms with Gasteiger partial charge in [-0.25, -0.2) is 0 Å². The summed E-state index contributed by atoms with van der Waals surface area (Å²) in [6.45, 7) is -0.117. The van der Waals surface area contributed by atoms with Crippen LogP contribution in [0.1, 0.15) is 15.9 Å². The molecular formula is C19H17Cl2NO4. The number of benzene rings is 2. The van der Waals surface area contributed by atoms with Crippen molar-refractivity contribution in [2.75, 3.05) is 20.8 Å². The minimum absolute atomic E-state index is 0.117. The van der Waals surface area contributed by atoms with E-state index < -0.39 is 0 Å². The minimum atomic E-state index is -0.267. The van der Waals surface area contributed by atoms with Crippen molar-refractivity contribution in [1.82, 2.24) is 5.32 Å². The lowest BCUT2D eigenvalue weighted by Crippen LogP contribution is -2.24. The predicted molar refractivity (Wildman–Crippen MR) is 102 cm³/mol. The number of nitrogens with one attached hydrogen (secondary N) is 1. The summed E-state index contributed by atoms with van der Waals surface area (Å²) in [7, 11) is 3.02. The number of amides is 1. The molecule has 2 aromatic carbocycles. The minimum Gasteiger partial charge on any atom is -0.493 e. The van der Waals surface area contributed by atoms with Crippen LogP contribution in [0.5, 0.6) is 11.5 Å². The van der Waals surface area contributed by atoms with Crippen LogP contribution in [-0.2, 0) is 4.79 Å². The van der Waals surface area contributed by atoms with Crippen LogP contribution in [0.2, 0.25) is 10.0 Å². The Hall–Kier alpha value is -2.50. The van der Waals surface area contributed by atoms with Crippen LogP contribution in [-0.4, -0.2) is 32.5 Å². The van der Waals surface area contributed by atoms with Crippen LogP contribution in [0.4, 0.5) is 0 Å². The molecule has 0 aliphatic carbocycles. The van der Waals surface area contributed by atoms with Gasteiger partial charge in [-0.3, -0.25) is 9.59 Å². The topological polar surface area (TPSA) is 64.6 Å². The van der Waals surface area contributed by atoms with Crippen molar-refractivity contribution in [3.05, 3.63) is 63.6 Å². The van der Waals surface area contributed by atoms with Crippen molar-refractivity contribution in [3.63, 3.8) is 0 Å². The standard InChI is InChI=1S/C19H17Cl2NO4/c1-22-19(24)11-26-17-8-4-12(9-18(17)25-2)3-7-16(23)14-10-13(20)5-6-15(14)21/h3-10H,11H2,1-2H3,(H,22,24)/b7-3+. The third-order valence-electron chi connectivity index (χ3n) is 3.45. The number of hydrogen-bond donors (Lipinski definition) is 1. The van der Waals surface area contributed by atoms with Crippen molar-refractivity contribution >= 4 is 41.0 Å². The molecule has 0 saturated carbocycles. The molecule has 0 aliphatic heterocycles. The molecule has 0 radical (unpaired) electrons. The van der Waals surface area contributed by atoms with Gasteiger partial charge >= 0.3 is 0 Å². The van der Waals surface area contributed by atoms with E-state index in [0.29, 0.717) is 27.1 Å². The van der Waals surface area contributed by atoms with Gasteiger partial charge in [-0.05, 0) is 42.0 Å². The van der Waals surface area contributed by atoms with Gasteiger partial charge in [0.1, 0.15) is 0 Å². The van der Waals surface area contributed by atoms with Gasteiger partial charge in [-0.2, -0.15) is 0 Å². The molecule has 0 aliphatic rings. The van der Waals surface area contributed by atoms with Gasteiger partial charge in [-0.15, -0.1) is 0 Å². The van der Waals surface area contributed by atoms with Gasteiger partial charge in [0, 0.05) is 17.6 Å². The van der Waals surface area contributed by atoms with Crippen molar-refractivity contribution in [1.29, 1.82) is 0 Å². The number of allylic oxidation sites excluding steroid dienone is 1. The molecule has 0 fully saturated rings. The van der Waals surface area contributed by atoms with E-state index in [1.165, 1.54) is 26.3 Å². The molecule has 0 atom stereocenters. The van der Waals surface area contributed by atoms with Gasteiger partial charge in [-0.1, -0.05) is 35.3 Å². The second kappa shape index (κ2) is 9.27. The maximum absolute atomic E-state index is 12.3. The van der Waals surface area contributed by atoms with Gasteiger partial charge in [0.2, 0.25) is 0 Å². The fourth-order valence-electron chi connectivity index (χ4n) is 2.07. The van der Waals surface area contributed by atoms with Gasteiger partial charge < -0.3 is 14.8 Å². The Labute approximate surface area is 161 Å². The van der Waals surface area contributed by atoms with Gasteiger partial charge in [0.05, 0.1) is 12.1 Å². The lowest BCUT2D eigenvalue weighted by molar-refractivity contribution is -0.122. The number of methoxy groups -OCH3 is 1. The molecular weight excluding hydrogens is 377 g/mol. The van der Waals surface area contributed by atoms with E-state index in [-0.39, 0.29) is 18.3 Å². The molecule has 2 rings (SSSR count). The predicted octanol–water partition coefficient (Wildman–Crippen LogP) is 4.02. The molecule has 26 heavy (non-hydrogen) atoms. The highest BCUT2D eigenvalue weighted by atomic mass is 35.5. The normalized spacial score (nSPS) is 10.6. The summed E-state index contributed by atoms with van der Waals surface area (Å²) in [5.41, 5.74) is 1.05. The largest absolute Gasteiger partial charge is 0.493 e. The Morgan fingerprint density at radius 1 is 1.12 bits per heavy atom. The third-order valence-corrected chi connectivity index (χ3v) is 4.01. The Morgan fingerprint density at radius 3 is 2.58 bits per heavy atom. The molecule has 1 amide bonds. The van der Waals surface area contributed by atoms with E-state index in [2.05, 4.69) is 5.32 Å². The molecule has 0 aromatic heterocycles. The number of hydrogen-bond acceptors (Lipinski definition) is 4. The number of carbonyl (C=O) groups excluding carboxylic acids is 2. The summed E-state index contributed by atoms with van der Waals surface area (Å²) in [5, 5.41) is 3.24. The Kier molecular flexibility index (Phi) is 7.06. The number of ketones is 1. The highest BCUT2D eigenvalue weighted by molar-refractivity contribution is 6.36. The molecule has 0 spiro atoms. The van der Waals surface area contributed by atoms with Crippen molar-refractivity contribution in [3.8, 4) is 11.5 Å². The fourth-order valence-corrected chi connectivity index (χ4v) is 2.45. The summed E-state index contributed by atoms with van der Waals surface area (Å²) in [6, 6.07) is 9.82. The van der Waals surface area contributed by atoms with E-state index in [4.69, 9.17) is 32.7 Å². The van der Waals surface area contributed by atoms with Gasteiger partial charge in [0.15, 0.2) is 23.9 Å². The van der Waals surface area contributed by atoms with Crippen LogP contribution in [0.15, 0.2) is 42.5 Å². The zero-order valence-corrected chi connectivity index (χ0v) is 15.7. The maximum Gasteiger partial charge on any atom is 0.257 e. The second-order valence-corrected chi connectivity index (χ2v) is 6.04. The SMILES string of the molecule is CNC(=O)COc1ccc(/C=C/C(=O)c2cc(Cl)ccc2Cl)cc1OC. The summed E-state index contributed by atoms with van der Waals surface area (Å²) >= 11 is 11.9. The first-order valence-corrected chi connectivity index (χ1v) is 8.39. The Balaban J connectivity index is 2.16. The van der Waals surface area contributed by atoms with Gasteiger partial charge in [0.25, 0.3) is 5.91 Å². The van der Waals surface area contributed by atoms with Crippen LogP contribution < -0.4 is 14.8 Å². The summed E-state index contributed by atoms with van der Waals surface area (Å²) < 4.78 is 10.7. The monoisotopic (exact) mass is 393 g/mol. The van der Waals surface area contributed by atoms with E-state index in [9.17, 15) is 9.59 Å². The number of ether oxygens (including phenoxy) is 2.